The number of hydrogen-bond donors (Lipinski definition) is 1. The van der Waals surface area contributed by atoms with Crippen LogP contribution in [-0.2, 0) is 14.8 Å². The first-order chi connectivity index (χ1) is 12.7. The molecule has 2 rings (SSSR count). The number of nitrogens with zero attached hydrogens (tertiary/aromatic N) is 1. The summed E-state index contributed by atoms with van der Waals surface area (Å²) in [4.78, 5) is 12.7. The van der Waals surface area contributed by atoms with Gasteiger partial charge >= 0.3 is 0 Å². The van der Waals surface area contributed by atoms with Crippen molar-refractivity contribution < 1.29 is 22.7 Å². The molecular formula is C19H24N2O5S. The normalized spacial score (nSPS) is 12.2. The van der Waals surface area contributed by atoms with Crippen molar-refractivity contribution in [2.75, 3.05) is 30.1 Å². The van der Waals surface area contributed by atoms with Gasteiger partial charge in [-0.3, -0.25) is 9.10 Å². The van der Waals surface area contributed by atoms with E-state index in [1.165, 1.54) is 14.0 Å². The van der Waals surface area contributed by atoms with Crippen molar-refractivity contribution in [3.05, 3.63) is 48.0 Å². The molecule has 7 nitrogen and oxygen atoms in total. The van der Waals surface area contributed by atoms with Crippen LogP contribution in [-0.4, -0.2) is 40.8 Å². The van der Waals surface area contributed by atoms with Crippen molar-refractivity contribution in [3.63, 3.8) is 0 Å². The van der Waals surface area contributed by atoms with Gasteiger partial charge in [-0.05, 0) is 55.8 Å². The van der Waals surface area contributed by atoms with Crippen LogP contribution in [0.25, 0.3) is 0 Å². The van der Waals surface area contributed by atoms with Crippen molar-refractivity contribution in [3.8, 4) is 11.5 Å². The van der Waals surface area contributed by atoms with E-state index in [1.807, 2.05) is 13.0 Å². The third kappa shape index (κ3) is 4.91. The molecule has 1 atom stereocenters. The summed E-state index contributed by atoms with van der Waals surface area (Å²) in [5, 5.41) is 2.73. The Kier molecular flexibility index (Phi) is 6.32. The summed E-state index contributed by atoms with van der Waals surface area (Å²) in [6.45, 7) is 3.37. The first-order valence-corrected chi connectivity index (χ1v) is 10.1. The molecule has 0 spiro atoms. The van der Waals surface area contributed by atoms with Gasteiger partial charge in [-0.15, -0.1) is 0 Å². The second-order valence-corrected chi connectivity index (χ2v) is 7.99. The molecule has 0 bridgehead atoms. The number of rotatable bonds is 7. The molecule has 0 aliphatic carbocycles. The van der Waals surface area contributed by atoms with Crippen LogP contribution in [0.2, 0.25) is 0 Å². The minimum Gasteiger partial charge on any atom is -0.497 e. The van der Waals surface area contributed by atoms with Crippen LogP contribution in [0.4, 0.5) is 11.4 Å². The number of carbonyl (C=O) groups excluding carboxylic acids is 1. The Balaban J connectivity index is 2.36. The smallest absolute Gasteiger partial charge is 0.247 e. The Bertz CT molecular complexity index is 910. The molecule has 146 valence electrons. The second-order valence-electron chi connectivity index (χ2n) is 6.13. The summed E-state index contributed by atoms with van der Waals surface area (Å²) in [5.41, 5.74) is 1.71. The van der Waals surface area contributed by atoms with Gasteiger partial charge in [-0.1, -0.05) is 6.07 Å². The van der Waals surface area contributed by atoms with Gasteiger partial charge in [0.15, 0.2) is 0 Å². The van der Waals surface area contributed by atoms with Gasteiger partial charge in [0.1, 0.15) is 17.5 Å². The zero-order valence-corrected chi connectivity index (χ0v) is 16.8. The largest absolute Gasteiger partial charge is 0.497 e. The maximum atomic E-state index is 12.7. The Morgan fingerprint density at radius 3 is 2.22 bits per heavy atom. The van der Waals surface area contributed by atoms with E-state index in [0.29, 0.717) is 22.9 Å². The Morgan fingerprint density at radius 2 is 1.70 bits per heavy atom. The highest BCUT2D eigenvalue weighted by Crippen LogP contribution is 2.32. The van der Waals surface area contributed by atoms with Crippen molar-refractivity contribution in [1.82, 2.24) is 0 Å². The van der Waals surface area contributed by atoms with Gasteiger partial charge in [0.2, 0.25) is 15.9 Å². The van der Waals surface area contributed by atoms with E-state index < -0.39 is 22.0 Å². The molecule has 0 saturated carbocycles. The summed E-state index contributed by atoms with van der Waals surface area (Å²) >= 11 is 0. The summed E-state index contributed by atoms with van der Waals surface area (Å²) in [6.07, 6.45) is 1.06. The molecule has 0 aliphatic heterocycles. The van der Waals surface area contributed by atoms with E-state index >= 15 is 0 Å². The molecule has 27 heavy (non-hydrogen) atoms. The molecule has 2 aromatic rings. The lowest BCUT2D eigenvalue weighted by atomic mass is 10.2. The maximum absolute atomic E-state index is 12.7. The van der Waals surface area contributed by atoms with E-state index in [0.717, 1.165) is 16.1 Å². The number of aryl methyl sites for hydroxylation is 1. The molecule has 0 saturated heterocycles. The lowest BCUT2D eigenvalue weighted by molar-refractivity contribution is -0.116. The topological polar surface area (TPSA) is 84.9 Å². The lowest BCUT2D eigenvalue weighted by Gasteiger charge is -2.29. The standard InChI is InChI=1S/C19H24N2O5S/c1-13-6-11-18(26-4)17(12-13)21(27(5,23)24)14(2)19(22)20-15-7-9-16(25-3)10-8-15/h6-12,14H,1-5H3,(H,20,22). The van der Waals surface area contributed by atoms with E-state index in [-0.39, 0.29) is 0 Å². The monoisotopic (exact) mass is 392 g/mol. The number of benzene rings is 2. The summed E-state index contributed by atoms with van der Waals surface area (Å²) in [6, 6.07) is 11.0. The van der Waals surface area contributed by atoms with Gasteiger partial charge in [0.05, 0.1) is 26.2 Å². The van der Waals surface area contributed by atoms with E-state index in [2.05, 4.69) is 5.32 Å². The van der Waals surface area contributed by atoms with Gasteiger partial charge in [0.25, 0.3) is 0 Å². The SMILES string of the molecule is COc1ccc(NC(=O)C(C)N(c2cc(C)ccc2OC)S(C)(=O)=O)cc1. The van der Waals surface area contributed by atoms with E-state index in [4.69, 9.17) is 9.47 Å². The zero-order chi connectivity index (χ0) is 20.2. The third-order valence-corrected chi connectivity index (χ3v) is 5.25. The lowest BCUT2D eigenvalue weighted by Crippen LogP contribution is -2.45. The van der Waals surface area contributed by atoms with Crippen LogP contribution >= 0.6 is 0 Å². The number of amides is 1. The fourth-order valence-corrected chi connectivity index (χ4v) is 3.84. The second kappa shape index (κ2) is 8.30. The molecule has 0 radical (unpaired) electrons. The molecule has 8 heteroatoms. The fraction of sp³-hybridized carbons (Fsp3) is 0.316. The number of anilines is 2. The van der Waals surface area contributed by atoms with Crippen LogP contribution in [0.5, 0.6) is 11.5 Å². The summed E-state index contributed by atoms with van der Waals surface area (Å²) in [5.74, 6) is 0.563. The van der Waals surface area contributed by atoms with Gasteiger partial charge in [0, 0.05) is 5.69 Å². The predicted octanol–water partition coefficient (Wildman–Crippen LogP) is 2.81. The van der Waals surface area contributed by atoms with E-state index in [9.17, 15) is 13.2 Å². The van der Waals surface area contributed by atoms with Crippen LogP contribution in [0.15, 0.2) is 42.5 Å². The highest BCUT2D eigenvalue weighted by atomic mass is 32.2. The van der Waals surface area contributed by atoms with Crippen LogP contribution in [0.1, 0.15) is 12.5 Å². The Morgan fingerprint density at radius 1 is 1.07 bits per heavy atom. The highest BCUT2D eigenvalue weighted by Gasteiger charge is 2.31. The average molecular weight is 392 g/mol. The molecule has 1 amide bonds. The van der Waals surface area contributed by atoms with Gasteiger partial charge < -0.3 is 14.8 Å². The molecule has 0 heterocycles. The third-order valence-electron chi connectivity index (χ3n) is 4.02. The molecule has 0 aromatic heterocycles. The van der Waals surface area contributed by atoms with Crippen molar-refractivity contribution in [2.45, 2.75) is 19.9 Å². The summed E-state index contributed by atoms with van der Waals surface area (Å²) < 4.78 is 36.4. The molecule has 1 N–H and O–H groups in total. The van der Waals surface area contributed by atoms with Crippen LogP contribution in [0, 0.1) is 6.92 Å². The van der Waals surface area contributed by atoms with Gasteiger partial charge in [-0.2, -0.15) is 0 Å². The number of carbonyl (C=O) groups is 1. The minimum atomic E-state index is -3.74. The molecule has 1 unspecified atom stereocenters. The first-order valence-electron chi connectivity index (χ1n) is 8.26. The number of hydrogen-bond acceptors (Lipinski definition) is 5. The molecule has 0 aliphatic rings. The number of sulfonamides is 1. The van der Waals surface area contributed by atoms with Crippen LogP contribution < -0.4 is 19.1 Å². The van der Waals surface area contributed by atoms with Crippen LogP contribution in [0.3, 0.4) is 0 Å². The maximum Gasteiger partial charge on any atom is 0.247 e. The quantitative estimate of drug-likeness (QED) is 0.783. The summed E-state index contributed by atoms with van der Waals surface area (Å²) in [7, 11) is -0.736. The van der Waals surface area contributed by atoms with Gasteiger partial charge in [-0.25, -0.2) is 8.42 Å². The molecule has 0 fully saturated rings. The average Bonchev–Trinajstić information content (AvgIpc) is 2.61. The predicted molar refractivity (Wildman–Crippen MR) is 106 cm³/mol. The fourth-order valence-electron chi connectivity index (χ4n) is 2.67. The van der Waals surface area contributed by atoms with Crippen molar-refractivity contribution in [2.24, 2.45) is 0 Å². The Hall–Kier alpha value is -2.74. The van der Waals surface area contributed by atoms with Crippen molar-refractivity contribution >= 4 is 27.3 Å². The number of ether oxygens (including phenoxy) is 2. The molecule has 2 aromatic carbocycles. The van der Waals surface area contributed by atoms with E-state index in [1.54, 1.807) is 43.5 Å². The number of methoxy groups -OCH3 is 2. The number of nitrogens with one attached hydrogen (secondary N) is 1. The first kappa shape index (κ1) is 20.6. The van der Waals surface area contributed by atoms with Crippen molar-refractivity contribution in [1.29, 1.82) is 0 Å². The highest BCUT2D eigenvalue weighted by molar-refractivity contribution is 7.92. The zero-order valence-electron chi connectivity index (χ0n) is 16.0. The Labute approximate surface area is 160 Å². The molecular weight excluding hydrogens is 368 g/mol. The minimum absolute atomic E-state index is 0.317.